The summed E-state index contributed by atoms with van der Waals surface area (Å²) in [5.74, 6) is -42.2. The van der Waals surface area contributed by atoms with Crippen molar-refractivity contribution in [2.45, 2.75) is 5.67 Å². The van der Waals surface area contributed by atoms with Crippen LogP contribution in [0.1, 0.15) is 5.56 Å². The van der Waals surface area contributed by atoms with E-state index in [1.165, 1.54) is 0 Å². The Bertz CT molecular complexity index is 1830. The van der Waals surface area contributed by atoms with E-state index in [-0.39, 0.29) is 0 Å². The summed E-state index contributed by atoms with van der Waals surface area (Å²) in [7, 11) is -3.54. The lowest BCUT2D eigenvalue weighted by Gasteiger charge is -2.28. The summed E-state index contributed by atoms with van der Waals surface area (Å²) in [6.45, 7) is 0. The van der Waals surface area contributed by atoms with Crippen LogP contribution in [0.2, 0.25) is 0 Å². The normalized spacial score (nSPS) is 17.4. The van der Waals surface area contributed by atoms with Gasteiger partial charge in [-0.2, -0.15) is 22.0 Å². The van der Waals surface area contributed by atoms with Crippen LogP contribution in [0.25, 0.3) is 0 Å². The van der Waals surface area contributed by atoms with Crippen molar-refractivity contribution in [1.82, 2.24) is 0 Å². The zero-order chi connectivity index (χ0) is 34.0. The van der Waals surface area contributed by atoms with E-state index in [2.05, 4.69) is 9.31 Å². The van der Waals surface area contributed by atoms with Crippen LogP contribution in [0.3, 0.4) is 0 Å². The van der Waals surface area contributed by atoms with Gasteiger partial charge in [0.15, 0.2) is 46.2 Å². The van der Waals surface area contributed by atoms with Crippen LogP contribution in [0.15, 0.2) is 65.0 Å². The molecule has 240 valence electrons. The van der Waals surface area contributed by atoms with Gasteiger partial charge in [0.25, 0.3) is 0 Å². The standard InChI is InChI=1S/C27H6BF15O3/c29-9-5-1-4-8(11(9)30)27(43)6-2-3-7-10(27)12(31)19(38)24(7)44-28(45-25-20(39)15(34)13(32)16(35)21(25)40)46-26-22(41)17(36)14(33)18(37)23(26)42/h1-6H. The van der Waals surface area contributed by atoms with Crippen LogP contribution in [-0.2, 0) is 10.3 Å². The Hall–Kier alpha value is -4.97. The Morgan fingerprint density at radius 3 is 1.46 bits per heavy atom. The molecule has 3 aromatic carbocycles. The third-order valence-corrected chi connectivity index (χ3v) is 6.40. The molecule has 1 unspecified atom stereocenters. The number of hydrogen-bond acceptors (Lipinski definition) is 3. The van der Waals surface area contributed by atoms with Crippen LogP contribution in [-0.4, -0.2) is 7.32 Å². The molecule has 1 atom stereocenters. The van der Waals surface area contributed by atoms with Gasteiger partial charge in [-0.05, 0) is 12.1 Å². The van der Waals surface area contributed by atoms with Crippen LogP contribution in [0.4, 0.5) is 65.9 Å². The maximum Gasteiger partial charge on any atom is 0.864 e. The molecule has 3 nitrogen and oxygen atoms in total. The van der Waals surface area contributed by atoms with Crippen molar-refractivity contribution in [3.05, 3.63) is 140 Å². The molecule has 0 radical (unpaired) electrons. The molecular weight excluding hydrogens is 668 g/mol. The molecule has 5 rings (SSSR count). The second-order valence-corrected chi connectivity index (χ2v) is 9.02. The average Bonchev–Trinajstić information content (AvgIpc) is 3.27. The monoisotopic (exact) mass is 674 g/mol. The summed E-state index contributed by atoms with van der Waals surface area (Å²) in [5.41, 5.74) is -7.38. The Morgan fingerprint density at radius 1 is 0.522 bits per heavy atom. The third-order valence-electron chi connectivity index (χ3n) is 6.40. The van der Waals surface area contributed by atoms with E-state index < -0.39 is 128 Å². The smallest absolute Gasteiger partial charge is 0.486 e. The highest BCUT2D eigenvalue weighted by atomic mass is 19.2. The Labute approximate surface area is 245 Å². The first-order chi connectivity index (χ1) is 21.5. The maximum absolute atomic E-state index is 16.2. The van der Waals surface area contributed by atoms with Crippen LogP contribution in [0.5, 0.6) is 11.5 Å². The van der Waals surface area contributed by atoms with Crippen molar-refractivity contribution in [2.24, 2.45) is 0 Å². The van der Waals surface area contributed by atoms with Gasteiger partial charge >= 0.3 is 7.32 Å². The molecule has 0 aliphatic heterocycles. The topological polar surface area (TPSA) is 27.7 Å². The summed E-state index contributed by atoms with van der Waals surface area (Å²) >= 11 is 0. The van der Waals surface area contributed by atoms with E-state index in [1.54, 1.807) is 0 Å². The first-order valence-electron chi connectivity index (χ1n) is 11.9. The van der Waals surface area contributed by atoms with Crippen molar-refractivity contribution in [3.8, 4) is 11.5 Å². The minimum absolute atomic E-state index is 0.410. The molecule has 0 spiro atoms. The molecule has 2 aliphatic rings. The van der Waals surface area contributed by atoms with Crippen molar-refractivity contribution in [1.29, 1.82) is 0 Å². The Kier molecular flexibility index (Phi) is 8.06. The van der Waals surface area contributed by atoms with E-state index in [9.17, 15) is 52.7 Å². The highest BCUT2D eigenvalue weighted by Crippen LogP contribution is 2.53. The van der Waals surface area contributed by atoms with Gasteiger partial charge in [0.2, 0.25) is 58.2 Å². The molecule has 0 heterocycles. The SMILES string of the molecule is FC1=C(OB(Oc2c(F)c(F)c(F)c(F)c2F)Oc2c(F)c(F)c(F)c(F)c2F)C2=CC=CC(F)(c3cccc(F)c3F)C2=C1F. The Balaban J connectivity index is 1.62. The molecule has 0 amide bonds. The molecule has 0 fully saturated rings. The van der Waals surface area contributed by atoms with Gasteiger partial charge in [-0.25, -0.2) is 43.9 Å². The molecule has 2 aliphatic carbocycles. The zero-order valence-electron chi connectivity index (χ0n) is 21.4. The lowest BCUT2D eigenvalue weighted by Crippen LogP contribution is -2.36. The van der Waals surface area contributed by atoms with E-state index >= 15 is 13.2 Å². The van der Waals surface area contributed by atoms with Crippen molar-refractivity contribution in [3.63, 3.8) is 0 Å². The number of allylic oxidation sites excluding steroid dienone is 6. The highest BCUT2D eigenvalue weighted by Gasteiger charge is 2.50. The molecule has 19 heteroatoms. The number of alkyl halides is 1. The lowest BCUT2D eigenvalue weighted by atomic mass is 9.81. The number of fused-ring (bicyclic) bond motifs is 1. The largest absolute Gasteiger partial charge is 0.864 e. The summed E-state index contributed by atoms with van der Waals surface area (Å²) < 4.78 is 228. The van der Waals surface area contributed by atoms with Gasteiger partial charge < -0.3 is 14.0 Å². The quantitative estimate of drug-likeness (QED) is 0.109. The van der Waals surface area contributed by atoms with Gasteiger partial charge in [0.05, 0.1) is 0 Å². The molecular formula is C27H6BF15O3. The van der Waals surface area contributed by atoms with Crippen molar-refractivity contribution >= 4 is 7.32 Å². The predicted octanol–water partition coefficient (Wildman–Crippen LogP) is 8.59. The van der Waals surface area contributed by atoms with E-state index in [0.29, 0.717) is 30.4 Å². The van der Waals surface area contributed by atoms with E-state index in [0.717, 1.165) is 6.07 Å². The highest BCUT2D eigenvalue weighted by molar-refractivity contribution is 6.39. The number of halogens is 15. The van der Waals surface area contributed by atoms with Gasteiger partial charge in [-0.15, -0.1) is 0 Å². The summed E-state index contributed by atoms with van der Waals surface area (Å²) in [6.07, 6.45) is 1.68. The van der Waals surface area contributed by atoms with Crippen LogP contribution >= 0.6 is 0 Å². The number of rotatable bonds is 7. The third kappa shape index (κ3) is 4.84. The van der Waals surface area contributed by atoms with Crippen molar-refractivity contribution in [2.75, 3.05) is 0 Å². The molecule has 0 saturated heterocycles. The summed E-state index contributed by atoms with van der Waals surface area (Å²) in [4.78, 5) is 0. The molecule has 46 heavy (non-hydrogen) atoms. The minimum Gasteiger partial charge on any atom is -0.486 e. The molecule has 0 saturated carbocycles. The van der Waals surface area contributed by atoms with Crippen molar-refractivity contribution < 1.29 is 79.8 Å². The fraction of sp³-hybridized carbons (Fsp3) is 0.0370. The predicted molar refractivity (Wildman–Crippen MR) is 123 cm³/mol. The number of benzene rings is 3. The lowest BCUT2D eigenvalue weighted by molar-refractivity contribution is 0.224. The second kappa shape index (κ2) is 11.4. The second-order valence-electron chi connectivity index (χ2n) is 9.02. The zero-order valence-corrected chi connectivity index (χ0v) is 21.4. The molecule has 0 aromatic heterocycles. The van der Waals surface area contributed by atoms with Gasteiger partial charge in [0, 0.05) is 16.7 Å². The summed E-state index contributed by atoms with van der Waals surface area (Å²) in [5, 5.41) is 0. The average molecular weight is 674 g/mol. The number of hydrogen-bond donors (Lipinski definition) is 0. The molecule has 3 aromatic rings. The van der Waals surface area contributed by atoms with E-state index in [1.807, 2.05) is 0 Å². The fourth-order valence-corrected chi connectivity index (χ4v) is 4.30. The molecule has 0 N–H and O–H groups in total. The van der Waals surface area contributed by atoms with Crippen LogP contribution < -0.4 is 9.31 Å². The van der Waals surface area contributed by atoms with E-state index in [4.69, 9.17) is 4.65 Å². The molecule has 0 bridgehead atoms. The fourth-order valence-electron chi connectivity index (χ4n) is 4.30. The Morgan fingerprint density at radius 2 is 0.978 bits per heavy atom. The minimum atomic E-state index is -3.55. The van der Waals surface area contributed by atoms with Crippen LogP contribution in [0, 0.1) is 69.8 Å². The summed E-state index contributed by atoms with van der Waals surface area (Å²) in [6, 6.07) is 1.93. The first kappa shape index (κ1) is 32.4. The first-order valence-corrected chi connectivity index (χ1v) is 11.9. The van der Waals surface area contributed by atoms with Gasteiger partial charge in [-0.1, -0.05) is 24.3 Å². The van der Waals surface area contributed by atoms with Gasteiger partial charge in [0.1, 0.15) is 0 Å². The van der Waals surface area contributed by atoms with Gasteiger partial charge in [-0.3, -0.25) is 0 Å². The maximum atomic E-state index is 16.2.